The van der Waals surface area contributed by atoms with Crippen molar-refractivity contribution in [2.24, 2.45) is 0 Å². The molecule has 0 fully saturated rings. The highest BCUT2D eigenvalue weighted by Gasteiger charge is 2.20. The molecule has 20 heavy (non-hydrogen) atoms. The Morgan fingerprint density at radius 1 is 1.10 bits per heavy atom. The molecule has 3 nitrogen and oxygen atoms in total. The number of fused-ring (bicyclic) bond motifs is 1. The topological polar surface area (TPSA) is 43.4 Å². The minimum atomic E-state index is -3.70. The summed E-state index contributed by atoms with van der Waals surface area (Å²) in [6.45, 7) is 3.82. The summed E-state index contributed by atoms with van der Waals surface area (Å²) < 4.78 is 30.1. The Kier molecular flexibility index (Phi) is 5.04. The summed E-state index contributed by atoms with van der Waals surface area (Å²) in [6, 6.07) is 12.7. The molecule has 0 saturated carbocycles. The van der Waals surface area contributed by atoms with Gasteiger partial charge >= 0.3 is 0 Å². The summed E-state index contributed by atoms with van der Waals surface area (Å²) in [4.78, 5) is 0.212. The fourth-order valence-electron chi connectivity index (χ4n) is 2.09. The third-order valence-corrected chi connectivity index (χ3v) is 4.88. The molecule has 5 heteroatoms. The number of rotatable bonds is 5. The van der Waals surface area contributed by atoms with Gasteiger partial charge in [0.15, 0.2) is 0 Å². The highest BCUT2D eigenvalue weighted by Crippen LogP contribution is 2.22. The fraction of sp³-hybridized carbons (Fsp3) is 0.333. The molecule has 0 aromatic heterocycles. The van der Waals surface area contributed by atoms with Gasteiger partial charge in [-0.1, -0.05) is 59.8 Å². The molecule has 0 N–H and O–H groups in total. The van der Waals surface area contributed by atoms with Crippen LogP contribution in [0.3, 0.4) is 0 Å². The zero-order valence-corrected chi connectivity index (χ0v) is 14.4. The van der Waals surface area contributed by atoms with Gasteiger partial charge in [0.05, 0.1) is 11.0 Å². The van der Waals surface area contributed by atoms with Gasteiger partial charge in [0.2, 0.25) is 0 Å². The van der Waals surface area contributed by atoms with Crippen LogP contribution in [0.25, 0.3) is 10.8 Å². The molecule has 0 bridgehead atoms. The molecule has 0 aliphatic heterocycles. The zero-order chi connectivity index (χ0) is 14.8. The van der Waals surface area contributed by atoms with Gasteiger partial charge < -0.3 is 0 Å². The quantitative estimate of drug-likeness (QED) is 0.427. The molecule has 108 valence electrons. The molecule has 0 spiro atoms. The predicted molar refractivity (Wildman–Crippen MR) is 89.8 cm³/mol. The Morgan fingerprint density at radius 2 is 1.75 bits per heavy atom. The van der Waals surface area contributed by atoms with Crippen LogP contribution in [0.2, 0.25) is 0 Å². The van der Waals surface area contributed by atoms with E-state index in [0.29, 0.717) is 10.3 Å². The van der Waals surface area contributed by atoms with E-state index < -0.39 is 10.1 Å². The number of benzene rings is 2. The molecule has 1 unspecified atom stereocenters. The second-order valence-electron chi connectivity index (χ2n) is 4.89. The molecular weight excluding hydrogens is 387 g/mol. The van der Waals surface area contributed by atoms with E-state index in [1.165, 1.54) is 0 Å². The van der Waals surface area contributed by atoms with E-state index in [1.54, 1.807) is 25.1 Å². The lowest BCUT2D eigenvalue weighted by Gasteiger charge is -2.14. The Morgan fingerprint density at radius 3 is 2.40 bits per heavy atom. The van der Waals surface area contributed by atoms with Crippen LogP contribution >= 0.6 is 22.6 Å². The van der Waals surface area contributed by atoms with Crippen molar-refractivity contribution in [2.45, 2.75) is 35.2 Å². The molecule has 0 heterocycles. The Labute approximate surface area is 133 Å². The lowest BCUT2D eigenvalue weighted by Crippen LogP contribution is -2.18. The second-order valence-corrected chi connectivity index (χ2v) is 8.58. The van der Waals surface area contributed by atoms with Gasteiger partial charge in [-0.3, -0.25) is 4.18 Å². The van der Waals surface area contributed by atoms with Gasteiger partial charge in [-0.15, -0.1) is 0 Å². The molecule has 0 aliphatic carbocycles. The molecule has 0 aliphatic rings. The van der Waals surface area contributed by atoms with Crippen LogP contribution in [-0.2, 0) is 14.3 Å². The lowest BCUT2D eigenvalue weighted by atomic mass is 10.1. The molecule has 0 saturated heterocycles. The number of alkyl halides is 1. The van der Waals surface area contributed by atoms with Crippen molar-refractivity contribution in [3.8, 4) is 0 Å². The minimum Gasteiger partial charge on any atom is -0.263 e. The molecule has 2 aromatic carbocycles. The Hall–Kier alpha value is -0.660. The molecular formula is C15H17IO3S. The van der Waals surface area contributed by atoms with Crippen LogP contribution in [0.4, 0.5) is 0 Å². The summed E-state index contributed by atoms with van der Waals surface area (Å²) in [6.07, 6.45) is 0.381. The van der Waals surface area contributed by atoms with Crippen molar-refractivity contribution in [3.05, 3.63) is 42.5 Å². The summed E-state index contributed by atoms with van der Waals surface area (Å²) in [5.74, 6) is 0. The van der Waals surface area contributed by atoms with Crippen molar-refractivity contribution < 1.29 is 12.6 Å². The van der Waals surface area contributed by atoms with Crippen LogP contribution in [0.15, 0.2) is 47.4 Å². The summed E-state index contributed by atoms with van der Waals surface area (Å²) >= 11 is 2.26. The van der Waals surface area contributed by atoms with E-state index in [-0.39, 0.29) is 11.0 Å². The van der Waals surface area contributed by atoms with E-state index >= 15 is 0 Å². The van der Waals surface area contributed by atoms with E-state index in [0.717, 1.165) is 10.8 Å². The molecule has 0 amide bonds. The first-order valence-corrected chi connectivity index (χ1v) is 9.10. The SMILES string of the molecule is CC(I)C[C@H](C)OS(=O)(=O)c1ccc2ccccc2c1. The van der Waals surface area contributed by atoms with Crippen molar-refractivity contribution in [2.75, 3.05) is 0 Å². The van der Waals surface area contributed by atoms with Crippen molar-refractivity contribution in [3.63, 3.8) is 0 Å². The smallest absolute Gasteiger partial charge is 0.263 e. The highest BCUT2D eigenvalue weighted by molar-refractivity contribution is 14.1. The average Bonchev–Trinajstić information content (AvgIpc) is 2.36. The van der Waals surface area contributed by atoms with Crippen molar-refractivity contribution in [1.29, 1.82) is 0 Å². The summed E-state index contributed by atoms with van der Waals surface area (Å²) in [5.41, 5.74) is 0. The third kappa shape index (κ3) is 3.93. The second kappa shape index (κ2) is 6.41. The molecule has 2 aromatic rings. The Balaban J connectivity index is 2.27. The lowest BCUT2D eigenvalue weighted by molar-refractivity contribution is 0.220. The van der Waals surface area contributed by atoms with Crippen LogP contribution in [0.1, 0.15) is 20.3 Å². The van der Waals surface area contributed by atoms with Gasteiger partial charge in [-0.05, 0) is 36.2 Å². The summed E-state index contributed by atoms with van der Waals surface area (Å²) in [7, 11) is -3.70. The van der Waals surface area contributed by atoms with Crippen LogP contribution in [0.5, 0.6) is 0 Å². The zero-order valence-electron chi connectivity index (χ0n) is 11.4. The Bertz CT molecular complexity index is 695. The van der Waals surface area contributed by atoms with E-state index in [9.17, 15) is 8.42 Å². The normalized spacial score (nSPS) is 15.2. The van der Waals surface area contributed by atoms with Gasteiger partial charge in [0, 0.05) is 3.92 Å². The largest absolute Gasteiger partial charge is 0.297 e. The highest BCUT2D eigenvalue weighted by atomic mass is 127. The van der Waals surface area contributed by atoms with Gasteiger partial charge in [0.1, 0.15) is 0 Å². The first kappa shape index (κ1) is 15.7. The standard InChI is InChI=1S/C15H17IO3S/c1-11(16)9-12(2)19-20(17,18)15-8-7-13-5-3-4-6-14(13)10-15/h3-8,10-12H,9H2,1-2H3/t11?,12-/m0/s1. The number of hydrogen-bond donors (Lipinski definition) is 0. The van der Waals surface area contributed by atoms with Crippen LogP contribution in [-0.4, -0.2) is 18.4 Å². The van der Waals surface area contributed by atoms with Crippen molar-refractivity contribution in [1.82, 2.24) is 0 Å². The predicted octanol–water partition coefficient (Wildman–Crippen LogP) is 4.15. The van der Waals surface area contributed by atoms with Crippen LogP contribution in [0, 0.1) is 0 Å². The third-order valence-electron chi connectivity index (χ3n) is 2.96. The molecule has 2 atom stereocenters. The maximum Gasteiger partial charge on any atom is 0.297 e. The van der Waals surface area contributed by atoms with E-state index in [1.807, 2.05) is 31.2 Å². The molecule has 2 rings (SSSR count). The first-order chi connectivity index (χ1) is 9.38. The van der Waals surface area contributed by atoms with Gasteiger partial charge in [0.25, 0.3) is 10.1 Å². The van der Waals surface area contributed by atoms with Gasteiger partial charge in [-0.25, -0.2) is 0 Å². The van der Waals surface area contributed by atoms with Gasteiger partial charge in [-0.2, -0.15) is 8.42 Å². The van der Waals surface area contributed by atoms with E-state index in [2.05, 4.69) is 22.6 Å². The monoisotopic (exact) mass is 404 g/mol. The van der Waals surface area contributed by atoms with Crippen LogP contribution < -0.4 is 0 Å². The summed E-state index contributed by atoms with van der Waals surface area (Å²) in [5, 5.41) is 1.91. The maximum absolute atomic E-state index is 12.2. The number of hydrogen-bond acceptors (Lipinski definition) is 3. The maximum atomic E-state index is 12.2. The average molecular weight is 404 g/mol. The minimum absolute atomic E-state index is 0.212. The van der Waals surface area contributed by atoms with E-state index in [4.69, 9.17) is 4.18 Å². The fourth-order valence-corrected chi connectivity index (χ4v) is 3.94. The number of halogens is 1. The molecule has 0 radical (unpaired) electrons. The van der Waals surface area contributed by atoms with Crippen molar-refractivity contribution >= 4 is 43.5 Å². The first-order valence-electron chi connectivity index (χ1n) is 6.44.